The number of aromatic amines is 1. The van der Waals surface area contributed by atoms with Crippen molar-refractivity contribution in [3.63, 3.8) is 0 Å². The largest absolute Gasteiger partial charge is 0.337 e. The fraction of sp³-hybridized carbons (Fsp3) is 0.192. The minimum Gasteiger partial charge on any atom is -0.337 e. The molecule has 1 N–H and O–H groups in total. The number of imidazole rings is 1. The Morgan fingerprint density at radius 1 is 0.679 bits per heavy atom. The van der Waals surface area contributed by atoms with Crippen molar-refractivity contribution in [1.82, 2.24) is 9.97 Å². The van der Waals surface area contributed by atoms with E-state index >= 15 is 0 Å². The highest BCUT2D eigenvalue weighted by molar-refractivity contribution is 5.82. The lowest BCUT2D eigenvalue weighted by atomic mass is 9.99. The summed E-state index contributed by atoms with van der Waals surface area (Å²) in [5, 5.41) is 0. The molecule has 0 atom stereocenters. The minimum absolute atomic E-state index is 0.928. The van der Waals surface area contributed by atoms with E-state index in [1.807, 2.05) is 26.0 Å². The Bertz CT molecular complexity index is 965. The van der Waals surface area contributed by atoms with Gasteiger partial charge in [0, 0.05) is 16.7 Å². The first-order chi connectivity index (χ1) is 13.6. The van der Waals surface area contributed by atoms with Gasteiger partial charge < -0.3 is 4.98 Å². The molecule has 0 saturated carbocycles. The standard InChI is InChI=1S/C24H22N2.C2H6/c1-16-14-17(2)21(18(3)15-16)24-25-22(19-10-6-4-7-11-19)23(26-24)20-12-8-5-9-13-20;1-2/h4-15H,1-3H3,(H,25,26);1-2H3. The number of rotatable bonds is 3. The molecule has 3 aromatic carbocycles. The third-order valence-corrected chi connectivity index (χ3v) is 4.73. The first kappa shape index (κ1) is 19.6. The number of hydrogen-bond acceptors (Lipinski definition) is 1. The Morgan fingerprint density at radius 3 is 1.71 bits per heavy atom. The van der Waals surface area contributed by atoms with E-state index in [9.17, 15) is 0 Å². The molecule has 1 heterocycles. The second-order valence-corrected chi connectivity index (χ2v) is 6.81. The van der Waals surface area contributed by atoms with E-state index in [1.54, 1.807) is 0 Å². The molecule has 0 unspecified atom stereocenters. The van der Waals surface area contributed by atoms with Crippen molar-refractivity contribution in [3.8, 4) is 33.9 Å². The van der Waals surface area contributed by atoms with Gasteiger partial charge in [-0.15, -0.1) is 0 Å². The molecule has 0 aliphatic carbocycles. The number of hydrogen-bond donors (Lipinski definition) is 1. The van der Waals surface area contributed by atoms with Crippen LogP contribution in [0.1, 0.15) is 30.5 Å². The molecule has 28 heavy (non-hydrogen) atoms. The molecule has 0 amide bonds. The van der Waals surface area contributed by atoms with Crippen molar-refractivity contribution in [3.05, 3.63) is 89.5 Å². The van der Waals surface area contributed by atoms with Crippen LogP contribution in [0.5, 0.6) is 0 Å². The monoisotopic (exact) mass is 368 g/mol. The van der Waals surface area contributed by atoms with Crippen LogP contribution < -0.4 is 0 Å². The van der Waals surface area contributed by atoms with Crippen molar-refractivity contribution >= 4 is 0 Å². The van der Waals surface area contributed by atoms with Crippen LogP contribution in [0, 0.1) is 20.8 Å². The summed E-state index contributed by atoms with van der Waals surface area (Å²) in [6.07, 6.45) is 0. The van der Waals surface area contributed by atoms with Gasteiger partial charge in [-0.2, -0.15) is 0 Å². The fourth-order valence-corrected chi connectivity index (χ4v) is 3.66. The summed E-state index contributed by atoms with van der Waals surface area (Å²) in [5.74, 6) is 0.928. The van der Waals surface area contributed by atoms with Gasteiger partial charge in [0.15, 0.2) is 0 Å². The van der Waals surface area contributed by atoms with Crippen LogP contribution in [0.4, 0.5) is 0 Å². The SMILES string of the molecule is CC.Cc1cc(C)c(-c2nc(-c3ccccc3)c(-c3ccccc3)[nH]2)c(C)c1. The second-order valence-electron chi connectivity index (χ2n) is 6.81. The highest BCUT2D eigenvalue weighted by Crippen LogP contribution is 2.35. The van der Waals surface area contributed by atoms with E-state index in [0.29, 0.717) is 0 Å². The molecule has 0 saturated heterocycles. The van der Waals surface area contributed by atoms with Gasteiger partial charge in [-0.3, -0.25) is 0 Å². The maximum absolute atomic E-state index is 5.02. The molecular weight excluding hydrogens is 340 g/mol. The van der Waals surface area contributed by atoms with Crippen LogP contribution >= 0.6 is 0 Å². The smallest absolute Gasteiger partial charge is 0.139 e. The lowest BCUT2D eigenvalue weighted by Gasteiger charge is -2.08. The van der Waals surface area contributed by atoms with Crippen LogP contribution in [-0.4, -0.2) is 9.97 Å². The molecular formula is C26H28N2. The Labute approximate surface area is 168 Å². The zero-order valence-electron chi connectivity index (χ0n) is 17.4. The van der Waals surface area contributed by atoms with Crippen molar-refractivity contribution in [2.75, 3.05) is 0 Å². The molecule has 0 aliphatic heterocycles. The van der Waals surface area contributed by atoms with Crippen molar-refractivity contribution in [2.45, 2.75) is 34.6 Å². The first-order valence-corrected chi connectivity index (χ1v) is 9.92. The third-order valence-electron chi connectivity index (χ3n) is 4.73. The van der Waals surface area contributed by atoms with Crippen molar-refractivity contribution in [2.24, 2.45) is 0 Å². The van der Waals surface area contributed by atoms with Gasteiger partial charge in [0.25, 0.3) is 0 Å². The molecule has 0 fully saturated rings. The molecule has 0 bridgehead atoms. The van der Waals surface area contributed by atoms with Gasteiger partial charge in [-0.05, 0) is 31.9 Å². The molecule has 0 radical (unpaired) electrons. The van der Waals surface area contributed by atoms with Crippen LogP contribution in [0.3, 0.4) is 0 Å². The van der Waals surface area contributed by atoms with Gasteiger partial charge in [0.1, 0.15) is 5.82 Å². The van der Waals surface area contributed by atoms with E-state index < -0.39 is 0 Å². The summed E-state index contributed by atoms with van der Waals surface area (Å²) in [5.41, 5.74) is 9.28. The number of nitrogens with zero attached hydrogens (tertiary/aromatic N) is 1. The van der Waals surface area contributed by atoms with Gasteiger partial charge >= 0.3 is 0 Å². The maximum atomic E-state index is 5.02. The van der Waals surface area contributed by atoms with E-state index in [2.05, 4.69) is 86.4 Å². The summed E-state index contributed by atoms with van der Waals surface area (Å²) < 4.78 is 0. The molecule has 2 nitrogen and oxygen atoms in total. The van der Waals surface area contributed by atoms with Crippen molar-refractivity contribution < 1.29 is 0 Å². The summed E-state index contributed by atoms with van der Waals surface area (Å²) in [6, 6.07) is 25.2. The number of aryl methyl sites for hydroxylation is 3. The number of benzene rings is 3. The predicted octanol–water partition coefficient (Wildman–Crippen LogP) is 7.36. The Balaban J connectivity index is 0.00000109. The highest BCUT2D eigenvalue weighted by atomic mass is 14.9. The average molecular weight is 369 g/mol. The van der Waals surface area contributed by atoms with Gasteiger partial charge in [0.05, 0.1) is 11.4 Å². The minimum atomic E-state index is 0.928. The zero-order valence-corrected chi connectivity index (χ0v) is 17.4. The second kappa shape index (κ2) is 8.71. The van der Waals surface area contributed by atoms with Gasteiger partial charge in [-0.25, -0.2) is 4.98 Å². The molecule has 0 spiro atoms. The maximum Gasteiger partial charge on any atom is 0.139 e. The van der Waals surface area contributed by atoms with E-state index in [-0.39, 0.29) is 0 Å². The van der Waals surface area contributed by atoms with E-state index in [4.69, 9.17) is 4.98 Å². The first-order valence-electron chi connectivity index (χ1n) is 9.92. The molecule has 1 aromatic heterocycles. The third kappa shape index (κ3) is 3.91. The van der Waals surface area contributed by atoms with Crippen LogP contribution in [0.2, 0.25) is 0 Å². The topological polar surface area (TPSA) is 28.7 Å². The molecule has 142 valence electrons. The molecule has 4 aromatic rings. The highest BCUT2D eigenvalue weighted by Gasteiger charge is 2.17. The van der Waals surface area contributed by atoms with Crippen LogP contribution in [0.15, 0.2) is 72.8 Å². The average Bonchev–Trinajstić information content (AvgIpc) is 3.15. The Hall–Kier alpha value is -3.13. The number of aromatic nitrogens is 2. The molecule has 0 aliphatic rings. The Morgan fingerprint density at radius 2 is 1.18 bits per heavy atom. The normalized spacial score (nSPS) is 10.3. The van der Waals surface area contributed by atoms with Gasteiger partial charge in [0.2, 0.25) is 0 Å². The summed E-state index contributed by atoms with van der Waals surface area (Å²) in [7, 11) is 0. The lowest BCUT2D eigenvalue weighted by molar-refractivity contribution is 1.24. The predicted molar refractivity (Wildman–Crippen MR) is 120 cm³/mol. The summed E-state index contributed by atoms with van der Waals surface area (Å²) in [6.45, 7) is 10.4. The quantitative estimate of drug-likeness (QED) is 0.402. The van der Waals surface area contributed by atoms with E-state index in [0.717, 1.165) is 28.3 Å². The number of H-pyrrole nitrogens is 1. The molecule has 2 heteroatoms. The number of nitrogens with one attached hydrogen (secondary N) is 1. The molecule has 4 rings (SSSR count). The fourth-order valence-electron chi connectivity index (χ4n) is 3.66. The zero-order chi connectivity index (χ0) is 20.1. The Kier molecular flexibility index (Phi) is 6.10. The van der Waals surface area contributed by atoms with Crippen molar-refractivity contribution in [1.29, 1.82) is 0 Å². The van der Waals surface area contributed by atoms with Crippen LogP contribution in [0.25, 0.3) is 33.9 Å². The van der Waals surface area contributed by atoms with E-state index in [1.165, 1.54) is 22.3 Å². The van der Waals surface area contributed by atoms with Crippen LogP contribution in [-0.2, 0) is 0 Å². The summed E-state index contributed by atoms with van der Waals surface area (Å²) in [4.78, 5) is 8.63. The van der Waals surface area contributed by atoms with Gasteiger partial charge in [-0.1, -0.05) is 92.2 Å². The summed E-state index contributed by atoms with van der Waals surface area (Å²) >= 11 is 0. The lowest BCUT2D eigenvalue weighted by Crippen LogP contribution is -1.92.